The number of benzene rings is 1. The Bertz CT molecular complexity index is 450. The molecule has 1 heterocycles. The standard InChI is InChI=1S/C12H14N2OS/c1-3-8-16-12-14-13-11(15-12)10-6-4-9(2)5-7-10/h4-7H,3,8H2,1-2H3. The molecule has 4 heteroatoms. The van der Waals surface area contributed by atoms with E-state index in [9.17, 15) is 0 Å². The Morgan fingerprint density at radius 1 is 1.19 bits per heavy atom. The van der Waals surface area contributed by atoms with Crippen molar-refractivity contribution < 1.29 is 4.42 Å². The van der Waals surface area contributed by atoms with Crippen LogP contribution in [0.15, 0.2) is 33.9 Å². The third-order valence-electron chi connectivity index (χ3n) is 2.13. The van der Waals surface area contributed by atoms with Crippen LogP contribution in [0.1, 0.15) is 18.9 Å². The summed E-state index contributed by atoms with van der Waals surface area (Å²) in [6.07, 6.45) is 1.10. The predicted octanol–water partition coefficient (Wildman–Crippen LogP) is 3.55. The maximum Gasteiger partial charge on any atom is 0.276 e. The molecule has 0 saturated carbocycles. The molecule has 0 saturated heterocycles. The van der Waals surface area contributed by atoms with Crippen molar-refractivity contribution in [2.45, 2.75) is 25.5 Å². The first-order valence-corrected chi connectivity index (χ1v) is 6.31. The topological polar surface area (TPSA) is 38.9 Å². The zero-order valence-electron chi connectivity index (χ0n) is 9.43. The molecule has 0 aliphatic rings. The van der Waals surface area contributed by atoms with Gasteiger partial charge in [-0.3, -0.25) is 0 Å². The second-order valence-electron chi connectivity index (χ2n) is 3.59. The van der Waals surface area contributed by atoms with E-state index >= 15 is 0 Å². The second kappa shape index (κ2) is 5.16. The van der Waals surface area contributed by atoms with Crippen LogP contribution >= 0.6 is 11.8 Å². The summed E-state index contributed by atoms with van der Waals surface area (Å²) < 4.78 is 5.55. The molecule has 0 amide bonds. The number of thioether (sulfide) groups is 1. The van der Waals surface area contributed by atoms with Crippen LogP contribution in [0.5, 0.6) is 0 Å². The van der Waals surface area contributed by atoms with Crippen LogP contribution in [-0.4, -0.2) is 16.0 Å². The van der Waals surface area contributed by atoms with Crippen molar-refractivity contribution >= 4 is 11.8 Å². The van der Waals surface area contributed by atoms with Gasteiger partial charge < -0.3 is 4.42 Å². The van der Waals surface area contributed by atoms with Gasteiger partial charge in [0, 0.05) is 11.3 Å². The van der Waals surface area contributed by atoms with Gasteiger partial charge in [-0.15, -0.1) is 10.2 Å². The van der Waals surface area contributed by atoms with E-state index in [1.165, 1.54) is 5.56 Å². The highest BCUT2D eigenvalue weighted by Gasteiger charge is 2.07. The van der Waals surface area contributed by atoms with E-state index in [-0.39, 0.29) is 0 Å². The Morgan fingerprint density at radius 2 is 1.94 bits per heavy atom. The van der Waals surface area contributed by atoms with Crippen LogP contribution < -0.4 is 0 Å². The van der Waals surface area contributed by atoms with Gasteiger partial charge in [0.1, 0.15) is 0 Å². The monoisotopic (exact) mass is 234 g/mol. The fourth-order valence-corrected chi connectivity index (χ4v) is 1.89. The largest absolute Gasteiger partial charge is 0.411 e. The number of aryl methyl sites for hydroxylation is 1. The smallest absolute Gasteiger partial charge is 0.276 e. The van der Waals surface area contributed by atoms with Gasteiger partial charge in [-0.1, -0.05) is 36.4 Å². The van der Waals surface area contributed by atoms with Gasteiger partial charge in [-0.25, -0.2) is 0 Å². The minimum absolute atomic E-state index is 0.596. The maximum absolute atomic E-state index is 5.55. The van der Waals surface area contributed by atoms with Crippen LogP contribution in [-0.2, 0) is 0 Å². The van der Waals surface area contributed by atoms with Crippen LogP contribution in [0.3, 0.4) is 0 Å². The van der Waals surface area contributed by atoms with Gasteiger partial charge in [0.15, 0.2) is 0 Å². The molecule has 0 N–H and O–H groups in total. The zero-order chi connectivity index (χ0) is 11.4. The summed E-state index contributed by atoms with van der Waals surface area (Å²) in [5.41, 5.74) is 2.20. The average Bonchev–Trinajstić information content (AvgIpc) is 2.76. The van der Waals surface area contributed by atoms with E-state index in [1.54, 1.807) is 11.8 Å². The first kappa shape index (κ1) is 11.2. The maximum atomic E-state index is 5.55. The molecule has 0 fully saturated rings. The fraction of sp³-hybridized carbons (Fsp3) is 0.333. The van der Waals surface area contributed by atoms with Crippen molar-refractivity contribution in [3.63, 3.8) is 0 Å². The lowest BCUT2D eigenvalue weighted by Gasteiger charge is -1.95. The van der Waals surface area contributed by atoms with Gasteiger partial charge in [-0.05, 0) is 25.5 Å². The van der Waals surface area contributed by atoms with E-state index < -0.39 is 0 Å². The molecule has 0 aliphatic carbocycles. The van der Waals surface area contributed by atoms with Crippen molar-refractivity contribution in [2.24, 2.45) is 0 Å². The summed E-state index contributed by atoms with van der Waals surface area (Å²) in [6.45, 7) is 4.18. The summed E-state index contributed by atoms with van der Waals surface area (Å²) in [4.78, 5) is 0. The third kappa shape index (κ3) is 2.64. The van der Waals surface area contributed by atoms with E-state index in [0.717, 1.165) is 17.7 Å². The Balaban J connectivity index is 2.15. The number of nitrogens with zero attached hydrogens (tertiary/aromatic N) is 2. The molecule has 0 atom stereocenters. The van der Waals surface area contributed by atoms with Crippen molar-refractivity contribution in [3.8, 4) is 11.5 Å². The highest BCUT2D eigenvalue weighted by Crippen LogP contribution is 2.23. The quantitative estimate of drug-likeness (QED) is 0.758. The molecule has 1 aromatic heterocycles. The molecule has 2 rings (SSSR count). The van der Waals surface area contributed by atoms with Crippen LogP contribution in [0.2, 0.25) is 0 Å². The first-order chi connectivity index (χ1) is 7.79. The minimum atomic E-state index is 0.596. The molecule has 0 bridgehead atoms. The molecule has 2 aromatic rings. The van der Waals surface area contributed by atoms with Crippen LogP contribution in [0, 0.1) is 6.92 Å². The number of hydrogen-bond acceptors (Lipinski definition) is 4. The van der Waals surface area contributed by atoms with E-state index in [1.807, 2.05) is 24.3 Å². The Hall–Kier alpha value is -1.29. The highest BCUT2D eigenvalue weighted by atomic mass is 32.2. The highest BCUT2D eigenvalue weighted by molar-refractivity contribution is 7.99. The normalized spacial score (nSPS) is 10.6. The molecule has 1 aromatic carbocycles. The van der Waals surface area contributed by atoms with Gasteiger partial charge >= 0.3 is 0 Å². The van der Waals surface area contributed by atoms with Crippen molar-refractivity contribution in [2.75, 3.05) is 5.75 Å². The molecular formula is C12H14N2OS. The molecule has 0 aliphatic heterocycles. The molecule has 0 radical (unpaired) electrons. The number of hydrogen-bond donors (Lipinski definition) is 0. The number of rotatable bonds is 4. The lowest BCUT2D eigenvalue weighted by Crippen LogP contribution is -1.78. The summed E-state index contributed by atoms with van der Waals surface area (Å²) >= 11 is 1.60. The molecule has 84 valence electrons. The Kier molecular flexibility index (Phi) is 3.62. The van der Waals surface area contributed by atoms with Gasteiger partial charge in [-0.2, -0.15) is 0 Å². The van der Waals surface area contributed by atoms with E-state index in [2.05, 4.69) is 24.0 Å². The summed E-state index contributed by atoms with van der Waals surface area (Å²) in [5.74, 6) is 1.61. The minimum Gasteiger partial charge on any atom is -0.411 e. The summed E-state index contributed by atoms with van der Waals surface area (Å²) in [7, 11) is 0. The number of aromatic nitrogens is 2. The van der Waals surface area contributed by atoms with E-state index in [0.29, 0.717) is 11.1 Å². The van der Waals surface area contributed by atoms with E-state index in [4.69, 9.17) is 4.42 Å². The second-order valence-corrected chi connectivity index (χ2v) is 4.63. The SMILES string of the molecule is CCCSc1nnc(-c2ccc(C)cc2)o1. The summed E-state index contributed by atoms with van der Waals surface area (Å²) in [6, 6.07) is 8.07. The fourth-order valence-electron chi connectivity index (χ4n) is 1.27. The van der Waals surface area contributed by atoms with Gasteiger partial charge in [0.25, 0.3) is 5.22 Å². The van der Waals surface area contributed by atoms with Crippen molar-refractivity contribution in [3.05, 3.63) is 29.8 Å². The molecule has 0 spiro atoms. The zero-order valence-corrected chi connectivity index (χ0v) is 10.3. The van der Waals surface area contributed by atoms with Gasteiger partial charge in [0.2, 0.25) is 5.89 Å². The molecule has 0 unspecified atom stereocenters. The first-order valence-electron chi connectivity index (χ1n) is 5.33. The average molecular weight is 234 g/mol. The third-order valence-corrected chi connectivity index (χ3v) is 3.16. The molecular weight excluding hydrogens is 220 g/mol. The lowest BCUT2D eigenvalue weighted by molar-refractivity contribution is 0.466. The Morgan fingerprint density at radius 3 is 2.62 bits per heavy atom. The van der Waals surface area contributed by atoms with Crippen molar-refractivity contribution in [1.29, 1.82) is 0 Å². The van der Waals surface area contributed by atoms with Crippen LogP contribution in [0.4, 0.5) is 0 Å². The lowest BCUT2D eigenvalue weighted by atomic mass is 10.1. The van der Waals surface area contributed by atoms with Gasteiger partial charge in [0.05, 0.1) is 0 Å². The Labute approximate surface area is 99.3 Å². The molecule has 3 nitrogen and oxygen atoms in total. The van der Waals surface area contributed by atoms with Crippen molar-refractivity contribution in [1.82, 2.24) is 10.2 Å². The van der Waals surface area contributed by atoms with Crippen LogP contribution in [0.25, 0.3) is 11.5 Å². The summed E-state index contributed by atoms with van der Waals surface area (Å²) in [5, 5.41) is 8.68. The molecule has 16 heavy (non-hydrogen) atoms. The predicted molar refractivity (Wildman–Crippen MR) is 65.5 cm³/mol.